The van der Waals surface area contributed by atoms with E-state index in [1.165, 1.54) is 24.3 Å². The standard InChI is InChI=1S/C18H18F2N2O3S/c1-2-21-17(26)15(22-9-3-4-12(10-22)11-23)16(24)13-5-7-14(8-6-13)25-18(19)20/h3-10,15,18,23H,2,11H2,1H3/p+1. The van der Waals surface area contributed by atoms with E-state index < -0.39 is 12.7 Å². The highest BCUT2D eigenvalue weighted by atomic mass is 32.1. The molecule has 0 radical (unpaired) electrons. The van der Waals surface area contributed by atoms with Gasteiger partial charge in [0.05, 0.1) is 6.61 Å². The molecule has 1 atom stereocenters. The predicted molar refractivity (Wildman–Crippen MR) is 95.3 cm³/mol. The first-order valence-corrected chi connectivity index (χ1v) is 8.34. The Hall–Kier alpha value is -2.45. The lowest BCUT2D eigenvalue weighted by Gasteiger charge is -2.14. The highest BCUT2D eigenvalue weighted by Gasteiger charge is 2.33. The quantitative estimate of drug-likeness (QED) is 0.418. The van der Waals surface area contributed by atoms with Crippen molar-refractivity contribution in [2.24, 2.45) is 0 Å². The van der Waals surface area contributed by atoms with Crippen molar-refractivity contribution in [3.63, 3.8) is 0 Å². The zero-order valence-electron chi connectivity index (χ0n) is 14.1. The molecule has 0 fully saturated rings. The van der Waals surface area contributed by atoms with E-state index in [1.807, 2.05) is 6.92 Å². The van der Waals surface area contributed by atoms with Crippen LogP contribution in [0, 0.1) is 0 Å². The number of aliphatic hydroxyl groups is 1. The number of alkyl halides is 2. The monoisotopic (exact) mass is 381 g/mol. The van der Waals surface area contributed by atoms with Gasteiger partial charge in [-0.2, -0.15) is 13.3 Å². The maximum absolute atomic E-state index is 13.0. The minimum absolute atomic E-state index is 0.0303. The van der Waals surface area contributed by atoms with Gasteiger partial charge in [-0.1, -0.05) is 12.2 Å². The number of carbonyl (C=O) groups excluding carboxylic acids is 1. The second kappa shape index (κ2) is 9.30. The number of aliphatic hydroxyl groups excluding tert-OH is 1. The van der Waals surface area contributed by atoms with Gasteiger partial charge in [0.15, 0.2) is 17.4 Å². The van der Waals surface area contributed by atoms with Crippen LogP contribution in [0.2, 0.25) is 0 Å². The molecular formula is C18H19F2N2O3S+. The van der Waals surface area contributed by atoms with Gasteiger partial charge in [-0.05, 0) is 37.3 Å². The molecule has 138 valence electrons. The molecule has 0 aliphatic carbocycles. The molecule has 5 nitrogen and oxygen atoms in total. The van der Waals surface area contributed by atoms with Crippen molar-refractivity contribution in [2.75, 3.05) is 6.54 Å². The van der Waals surface area contributed by atoms with Crippen LogP contribution in [0.25, 0.3) is 0 Å². The van der Waals surface area contributed by atoms with E-state index in [9.17, 15) is 18.7 Å². The number of likely N-dealkylation sites (N-methyl/N-ethyl adjacent to an activating group) is 1. The molecule has 2 N–H and O–H groups in total. The van der Waals surface area contributed by atoms with E-state index in [0.29, 0.717) is 22.7 Å². The molecule has 0 aliphatic rings. The van der Waals surface area contributed by atoms with Crippen LogP contribution < -0.4 is 14.6 Å². The van der Waals surface area contributed by atoms with Crippen molar-refractivity contribution < 1.29 is 28.0 Å². The molecule has 0 aliphatic heterocycles. The Kier molecular flexibility index (Phi) is 7.11. The van der Waals surface area contributed by atoms with Gasteiger partial charge in [0.1, 0.15) is 5.75 Å². The van der Waals surface area contributed by atoms with Crippen molar-refractivity contribution >= 4 is 23.0 Å². The third-order valence-corrected chi connectivity index (χ3v) is 3.94. The molecule has 0 spiro atoms. The van der Waals surface area contributed by atoms with Gasteiger partial charge in [-0.15, -0.1) is 0 Å². The fourth-order valence-electron chi connectivity index (χ4n) is 2.42. The van der Waals surface area contributed by atoms with E-state index in [-0.39, 0.29) is 18.1 Å². The molecule has 2 aromatic rings. The Balaban J connectivity index is 2.35. The van der Waals surface area contributed by atoms with Gasteiger partial charge in [0.25, 0.3) is 6.04 Å². The zero-order chi connectivity index (χ0) is 19.1. The summed E-state index contributed by atoms with van der Waals surface area (Å²) in [5.74, 6) is -0.336. The SMILES string of the molecule is CCNC(=S)C(C(=O)c1ccc(OC(F)F)cc1)[n+]1cccc(CO)c1. The summed E-state index contributed by atoms with van der Waals surface area (Å²) in [6.07, 6.45) is 3.32. The van der Waals surface area contributed by atoms with Gasteiger partial charge in [0.2, 0.25) is 5.78 Å². The average molecular weight is 381 g/mol. The summed E-state index contributed by atoms with van der Waals surface area (Å²) in [5.41, 5.74) is 0.934. The van der Waals surface area contributed by atoms with Crippen molar-refractivity contribution in [2.45, 2.75) is 26.2 Å². The smallest absolute Gasteiger partial charge is 0.387 e. The molecule has 0 bridgehead atoms. The predicted octanol–water partition coefficient (Wildman–Crippen LogP) is 2.43. The number of rotatable bonds is 8. The van der Waals surface area contributed by atoms with Gasteiger partial charge < -0.3 is 15.2 Å². The summed E-state index contributed by atoms with van der Waals surface area (Å²) in [7, 11) is 0. The number of ether oxygens (including phenoxy) is 1. The van der Waals surface area contributed by atoms with Gasteiger partial charge in [-0.3, -0.25) is 4.79 Å². The molecule has 1 aromatic heterocycles. The number of hydrogen-bond acceptors (Lipinski definition) is 4. The number of nitrogens with zero attached hydrogens (tertiary/aromatic N) is 1. The van der Waals surface area contributed by atoms with Gasteiger partial charge >= 0.3 is 6.61 Å². The van der Waals surface area contributed by atoms with Crippen molar-refractivity contribution in [3.05, 3.63) is 59.9 Å². The second-order valence-electron chi connectivity index (χ2n) is 5.38. The van der Waals surface area contributed by atoms with Crippen LogP contribution in [0.3, 0.4) is 0 Å². The number of thiocarbonyl (C=S) groups is 1. The molecule has 1 unspecified atom stereocenters. The van der Waals surface area contributed by atoms with Crippen LogP contribution in [-0.2, 0) is 6.61 Å². The number of benzene rings is 1. The number of ketones is 1. The number of pyridine rings is 1. The van der Waals surface area contributed by atoms with Crippen LogP contribution in [0.15, 0.2) is 48.8 Å². The van der Waals surface area contributed by atoms with Crippen LogP contribution in [0.1, 0.15) is 28.9 Å². The van der Waals surface area contributed by atoms with E-state index in [2.05, 4.69) is 10.1 Å². The number of halogens is 2. The second-order valence-corrected chi connectivity index (χ2v) is 5.82. The number of hydrogen-bond donors (Lipinski definition) is 2. The minimum atomic E-state index is -2.93. The van der Waals surface area contributed by atoms with E-state index in [4.69, 9.17) is 12.2 Å². The largest absolute Gasteiger partial charge is 0.435 e. The van der Waals surface area contributed by atoms with Crippen molar-refractivity contribution in [1.82, 2.24) is 5.32 Å². The third-order valence-electron chi connectivity index (χ3n) is 3.58. The minimum Gasteiger partial charge on any atom is -0.435 e. The Bertz CT molecular complexity index is 769. The lowest BCUT2D eigenvalue weighted by molar-refractivity contribution is -0.692. The lowest BCUT2D eigenvalue weighted by Crippen LogP contribution is -2.51. The maximum atomic E-state index is 13.0. The molecule has 2 rings (SSSR count). The summed E-state index contributed by atoms with van der Waals surface area (Å²) in [5, 5.41) is 12.3. The first-order chi connectivity index (χ1) is 12.5. The van der Waals surface area contributed by atoms with Crippen LogP contribution in [0.4, 0.5) is 8.78 Å². The molecule has 8 heteroatoms. The lowest BCUT2D eigenvalue weighted by atomic mass is 10.0. The summed E-state index contributed by atoms with van der Waals surface area (Å²) >= 11 is 5.36. The van der Waals surface area contributed by atoms with Gasteiger partial charge in [-0.25, -0.2) is 0 Å². The Morgan fingerprint density at radius 2 is 2.00 bits per heavy atom. The summed E-state index contributed by atoms with van der Waals surface area (Å²) in [4.78, 5) is 13.3. The first kappa shape index (κ1) is 19.9. The number of aromatic nitrogens is 1. The molecule has 26 heavy (non-hydrogen) atoms. The van der Waals surface area contributed by atoms with Crippen molar-refractivity contribution in [3.8, 4) is 5.75 Å². The number of nitrogens with one attached hydrogen (secondary N) is 1. The number of carbonyl (C=O) groups is 1. The summed E-state index contributed by atoms with van der Waals surface area (Å²) in [6, 6.07) is 8.06. The molecule has 0 saturated carbocycles. The highest BCUT2D eigenvalue weighted by Crippen LogP contribution is 2.18. The molecule has 1 heterocycles. The zero-order valence-corrected chi connectivity index (χ0v) is 14.9. The Morgan fingerprint density at radius 3 is 2.58 bits per heavy atom. The van der Waals surface area contributed by atoms with Crippen LogP contribution >= 0.6 is 12.2 Å². The molecule has 1 aromatic carbocycles. The molecule has 0 saturated heterocycles. The Labute approximate surface area is 155 Å². The van der Waals surface area contributed by atoms with Crippen molar-refractivity contribution in [1.29, 1.82) is 0 Å². The first-order valence-electron chi connectivity index (χ1n) is 7.93. The molecular weight excluding hydrogens is 362 g/mol. The van der Waals surface area contributed by atoms with Gasteiger partial charge in [0, 0.05) is 23.7 Å². The topological polar surface area (TPSA) is 62.4 Å². The Morgan fingerprint density at radius 1 is 1.31 bits per heavy atom. The fourth-order valence-corrected chi connectivity index (χ4v) is 2.79. The normalized spacial score (nSPS) is 11.9. The maximum Gasteiger partial charge on any atom is 0.387 e. The summed E-state index contributed by atoms with van der Waals surface area (Å²) in [6.45, 7) is -0.694. The van der Waals surface area contributed by atoms with E-state index in [0.717, 1.165) is 0 Å². The van der Waals surface area contributed by atoms with E-state index >= 15 is 0 Å². The molecule has 0 amide bonds. The average Bonchev–Trinajstić information content (AvgIpc) is 2.62. The summed E-state index contributed by atoms with van der Waals surface area (Å²) < 4.78 is 30.4. The highest BCUT2D eigenvalue weighted by molar-refractivity contribution is 7.80. The fraction of sp³-hybridized carbons (Fsp3) is 0.278. The van der Waals surface area contributed by atoms with Crippen LogP contribution in [0.5, 0.6) is 5.75 Å². The van der Waals surface area contributed by atoms with E-state index in [1.54, 1.807) is 29.1 Å². The van der Waals surface area contributed by atoms with Crippen LogP contribution in [-0.4, -0.2) is 29.0 Å². The number of Topliss-reactive ketones (excluding diaryl/α,β-unsaturated/α-hetero) is 1. The third kappa shape index (κ3) is 5.03.